The highest BCUT2D eigenvalue weighted by Crippen LogP contribution is 2.25. The van der Waals surface area contributed by atoms with Gasteiger partial charge >= 0.3 is 0 Å². The van der Waals surface area contributed by atoms with Gasteiger partial charge in [0, 0.05) is 18.7 Å². The van der Waals surface area contributed by atoms with E-state index < -0.39 is 0 Å². The number of carbonyl (C=O) groups is 1. The summed E-state index contributed by atoms with van der Waals surface area (Å²) in [6, 6.07) is 7.43. The van der Waals surface area contributed by atoms with E-state index in [1.807, 2.05) is 18.0 Å². The third kappa shape index (κ3) is 2.18. The van der Waals surface area contributed by atoms with Crippen molar-refractivity contribution in [2.45, 2.75) is 31.7 Å². The van der Waals surface area contributed by atoms with Crippen LogP contribution in [-0.2, 0) is 11.2 Å². The molecule has 1 N–H and O–H groups in total. The van der Waals surface area contributed by atoms with Gasteiger partial charge in [0.15, 0.2) is 0 Å². The first kappa shape index (κ1) is 11.0. The van der Waals surface area contributed by atoms with Crippen LogP contribution in [0.2, 0.25) is 0 Å². The van der Waals surface area contributed by atoms with Crippen LogP contribution >= 0.6 is 0 Å². The van der Waals surface area contributed by atoms with E-state index in [-0.39, 0.29) is 11.7 Å². The van der Waals surface area contributed by atoms with Crippen LogP contribution in [0.15, 0.2) is 24.3 Å². The van der Waals surface area contributed by atoms with Crippen LogP contribution < -0.4 is 0 Å². The van der Waals surface area contributed by atoms with E-state index in [0.29, 0.717) is 18.0 Å². The number of aromatic hydroxyl groups is 1. The lowest BCUT2D eigenvalue weighted by Crippen LogP contribution is -2.42. The third-order valence-corrected chi connectivity index (χ3v) is 3.35. The van der Waals surface area contributed by atoms with Crippen molar-refractivity contribution < 1.29 is 9.90 Å². The quantitative estimate of drug-likeness (QED) is 0.844. The van der Waals surface area contributed by atoms with E-state index in [1.165, 1.54) is 6.42 Å². The maximum atomic E-state index is 11.9. The molecule has 1 amide bonds. The summed E-state index contributed by atoms with van der Waals surface area (Å²) in [6.45, 7) is 0. The first-order valence-electron chi connectivity index (χ1n) is 5.71. The van der Waals surface area contributed by atoms with Gasteiger partial charge in [-0.2, -0.15) is 0 Å². The Labute approximate surface area is 95.7 Å². The Balaban J connectivity index is 1.99. The standard InChI is InChI=1S/C13H17NO2/c1-14(11-6-4-7-11)13(16)9-10-5-2-3-8-12(10)15/h2-3,5,8,11,15H,4,6-7,9H2,1H3. The number of benzene rings is 1. The highest BCUT2D eigenvalue weighted by molar-refractivity contribution is 5.79. The zero-order valence-corrected chi connectivity index (χ0v) is 9.52. The molecule has 1 aromatic rings. The van der Waals surface area contributed by atoms with Crippen LogP contribution in [-0.4, -0.2) is 29.0 Å². The van der Waals surface area contributed by atoms with Gasteiger partial charge in [0.25, 0.3) is 0 Å². The highest BCUT2D eigenvalue weighted by Gasteiger charge is 2.25. The number of amides is 1. The fraction of sp³-hybridized carbons (Fsp3) is 0.462. The molecular weight excluding hydrogens is 202 g/mol. The second-order valence-electron chi connectivity index (χ2n) is 4.39. The fourth-order valence-electron chi connectivity index (χ4n) is 1.93. The molecule has 0 unspecified atom stereocenters. The summed E-state index contributed by atoms with van der Waals surface area (Å²) in [5.74, 6) is 0.295. The Morgan fingerprint density at radius 1 is 1.44 bits per heavy atom. The van der Waals surface area contributed by atoms with Gasteiger partial charge in [-0.1, -0.05) is 18.2 Å². The molecule has 0 bridgehead atoms. The van der Waals surface area contributed by atoms with Gasteiger partial charge in [-0.3, -0.25) is 4.79 Å². The number of para-hydroxylation sites is 1. The van der Waals surface area contributed by atoms with Gasteiger partial charge in [0.1, 0.15) is 5.75 Å². The molecule has 0 spiro atoms. The number of phenols is 1. The summed E-state index contributed by atoms with van der Waals surface area (Å²) < 4.78 is 0. The molecule has 2 rings (SSSR count). The number of likely N-dealkylation sites (N-methyl/N-ethyl adjacent to an activating group) is 1. The SMILES string of the molecule is CN(C(=O)Cc1ccccc1O)C1CCC1. The van der Waals surface area contributed by atoms with Crippen molar-refractivity contribution >= 4 is 5.91 Å². The number of carbonyl (C=O) groups excluding carboxylic acids is 1. The van der Waals surface area contributed by atoms with Crippen LogP contribution in [0.3, 0.4) is 0 Å². The molecule has 0 aliphatic heterocycles. The molecule has 1 fully saturated rings. The zero-order valence-electron chi connectivity index (χ0n) is 9.52. The summed E-state index contributed by atoms with van der Waals surface area (Å²) >= 11 is 0. The minimum atomic E-state index is 0.0891. The molecule has 16 heavy (non-hydrogen) atoms. The molecule has 86 valence electrons. The van der Waals surface area contributed by atoms with E-state index in [4.69, 9.17) is 0 Å². The van der Waals surface area contributed by atoms with Gasteiger partial charge in [-0.15, -0.1) is 0 Å². The van der Waals surface area contributed by atoms with E-state index in [0.717, 1.165) is 12.8 Å². The topological polar surface area (TPSA) is 40.5 Å². The predicted octanol–water partition coefficient (Wildman–Crippen LogP) is 1.95. The fourth-order valence-corrected chi connectivity index (χ4v) is 1.93. The second-order valence-corrected chi connectivity index (χ2v) is 4.39. The molecule has 0 aromatic heterocycles. The molecular formula is C13H17NO2. The average molecular weight is 219 g/mol. The molecule has 1 aliphatic rings. The molecule has 1 aromatic carbocycles. The monoisotopic (exact) mass is 219 g/mol. The smallest absolute Gasteiger partial charge is 0.227 e. The zero-order chi connectivity index (χ0) is 11.5. The summed E-state index contributed by atoms with van der Waals surface area (Å²) in [7, 11) is 1.85. The van der Waals surface area contributed by atoms with Crippen molar-refractivity contribution in [3.8, 4) is 5.75 Å². The lowest BCUT2D eigenvalue weighted by Gasteiger charge is -2.34. The number of hydrogen-bond donors (Lipinski definition) is 1. The first-order valence-corrected chi connectivity index (χ1v) is 5.71. The largest absolute Gasteiger partial charge is 0.508 e. The summed E-state index contributed by atoms with van der Waals surface area (Å²) in [5, 5.41) is 9.58. The van der Waals surface area contributed by atoms with Crippen molar-refractivity contribution in [3.05, 3.63) is 29.8 Å². The Hall–Kier alpha value is -1.51. The van der Waals surface area contributed by atoms with Crippen molar-refractivity contribution in [1.29, 1.82) is 0 Å². The highest BCUT2D eigenvalue weighted by atomic mass is 16.3. The normalized spacial score (nSPS) is 15.6. The summed E-state index contributed by atoms with van der Waals surface area (Å²) in [5.41, 5.74) is 0.707. The Bertz CT molecular complexity index is 385. The van der Waals surface area contributed by atoms with Crippen LogP contribution in [0.1, 0.15) is 24.8 Å². The van der Waals surface area contributed by atoms with Crippen molar-refractivity contribution in [2.75, 3.05) is 7.05 Å². The van der Waals surface area contributed by atoms with Crippen molar-refractivity contribution in [3.63, 3.8) is 0 Å². The molecule has 3 heteroatoms. The summed E-state index contributed by atoms with van der Waals surface area (Å²) in [4.78, 5) is 13.7. The van der Waals surface area contributed by atoms with E-state index in [9.17, 15) is 9.90 Å². The minimum Gasteiger partial charge on any atom is -0.508 e. The van der Waals surface area contributed by atoms with Crippen molar-refractivity contribution in [1.82, 2.24) is 4.90 Å². The van der Waals surface area contributed by atoms with Crippen LogP contribution in [0, 0.1) is 0 Å². The minimum absolute atomic E-state index is 0.0891. The van der Waals surface area contributed by atoms with Crippen molar-refractivity contribution in [2.24, 2.45) is 0 Å². The van der Waals surface area contributed by atoms with Gasteiger partial charge in [-0.25, -0.2) is 0 Å². The van der Waals surface area contributed by atoms with Gasteiger partial charge in [-0.05, 0) is 25.3 Å². The van der Waals surface area contributed by atoms with Gasteiger partial charge in [0.2, 0.25) is 5.91 Å². The number of hydrogen-bond acceptors (Lipinski definition) is 2. The maximum Gasteiger partial charge on any atom is 0.227 e. The molecule has 0 radical (unpaired) electrons. The summed E-state index contributed by atoms with van der Waals surface area (Å²) in [6.07, 6.45) is 3.74. The molecule has 1 saturated carbocycles. The van der Waals surface area contributed by atoms with E-state index in [2.05, 4.69) is 0 Å². The second kappa shape index (κ2) is 4.56. The Morgan fingerprint density at radius 3 is 2.69 bits per heavy atom. The van der Waals surface area contributed by atoms with Gasteiger partial charge < -0.3 is 10.0 Å². The predicted molar refractivity (Wildman–Crippen MR) is 62.2 cm³/mol. The first-order chi connectivity index (χ1) is 7.68. The van der Waals surface area contributed by atoms with Crippen LogP contribution in [0.5, 0.6) is 5.75 Å². The van der Waals surface area contributed by atoms with Gasteiger partial charge in [0.05, 0.1) is 6.42 Å². The van der Waals surface area contributed by atoms with Crippen LogP contribution in [0.25, 0.3) is 0 Å². The van der Waals surface area contributed by atoms with Crippen LogP contribution in [0.4, 0.5) is 0 Å². The number of nitrogens with zero attached hydrogens (tertiary/aromatic N) is 1. The lowest BCUT2D eigenvalue weighted by atomic mass is 9.91. The molecule has 0 saturated heterocycles. The van der Waals surface area contributed by atoms with E-state index in [1.54, 1.807) is 18.2 Å². The average Bonchev–Trinajstić information content (AvgIpc) is 2.18. The number of rotatable bonds is 3. The lowest BCUT2D eigenvalue weighted by molar-refractivity contribution is -0.132. The molecule has 0 heterocycles. The molecule has 3 nitrogen and oxygen atoms in total. The van der Waals surface area contributed by atoms with E-state index >= 15 is 0 Å². The molecule has 0 atom stereocenters. The Kier molecular flexibility index (Phi) is 3.13. The number of phenolic OH excluding ortho intramolecular Hbond substituents is 1. The third-order valence-electron chi connectivity index (χ3n) is 3.35. The Morgan fingerprint density at radius 2 is 2.12 bits per heavy atom. The maximum absolute atomic E-state index is 11.9. The molecule has 1 aliphatic carbocycles.